The van der Waals surface area contributed by atoms with E-state index in [4.69, 9.17) is 4.74 Å². The number of carbonyl (C=O) groups excluding carboxylic acids is 3. The number of aromatic nitrogens is 2. The van der Waals surface area contributed by atoms with Gasteiger partial charge in [0.25, 0.3) is 5.91 Å². The molecule has 230 valence electrons. The minimum absolute atomic E-state index is 0.0818. The van der Waals surface area contributed by atoms with Crippen molar-refractivity contribution in [3.05, 3.63) is 47.0 Å². The monoisotopic (exact) mass is 595 g/mol. The molecule has 4 rings (SSSR count). The molecule has 2 aliphatic rings. The van der Waals surface area contributed by atoms with Gasteiger partial charge in [-0.25, -0.2) is 4.39 Å². The lowest BCUT2D eigenvalue weighted by atomic mass is 9.88. The Morgan fingerprint density at radius 1 is 1.07 bits per heavy atom. The quantitative estimate of drug-likeness (QED) is 0.291. The zero-order valence-electron chi connectivity index (χ0n) is 24.1. The van der Waals surface area contributed by atoms with Gasteiger partial charge in [0.15, 0.2) is 0 Å². The van der Waals surface area contributed by atoms with E-state index in [-0.39, 0.29) is 41.7 Å². The van der Waals surface area contributed by atoms with Gasteiger partial charge >= 0.3 is 6.18 Å². The Bertz CT molecular complexity index is 1290. The van der Waals surface area contributed by atoms with E-state index in [1.54, 1.807) is 10.7 Å². The number of amides is 3. The number of benzene rings is 1. The maximum atomic E-state index is 15.4. The maximum Gasteiger partial charge on any atom is 0.405 e. The van der Waals surface area contributed by atoms with Gasteiger partial charge in [-0.3, -0.25) is 19.1 Å². The molecule has 1 heterocycles. The van der Waals surface area contributed by atoms with Crippen molar-refractivity contribution in [2.45, 2.75) is 77.2 Å². The highest BCUT2D eigenvalue weighted by Crippen LogP contribution is 2.51. The molecule has 2 fully saturated rings. The van der Waals surface area contributed by atoms with Gasteiger partial charge in [0, 0.05) is 19.3 Å². The summed E-state index contributed by atoms with van der Waals surface area (Å²) in [5.74, 6) is -3.51. The number of nitrogens with zero attached hydrogens (tertiary/aromatic N) is 2. The fraction of sp³-hybridized carbons (Fsp3) is 0.586. The van der Waals surface area contributed by atoms with Crippen LogP contribution in [0.15, 0.2) is 24.4 Å². The van der Waals surface area contributed by atoms with Gasteiger partial charge in [-0.1, -0.05) is 0 Å². The molecule has 3 amide bonds. The summed E-state index contributed by atoms with van der Waals surface area (Å²) in [7, 11) is 1.38. The van der Waals surface area contributed by atoms with E-state index in [2.05, 4.69) is 15.7 Å². The number of carbonyl (C=O) groups is 3. The van der Waals surface area contributed by atoms with Gasteiger partial charge in [-0.2, -0.15) is 18.3 Å². The minimum atomic E-state index is -4.59. The molecule has 1 aromatic carbocycles. The highest BCUT2D eigenvalue weighted by atomic mass is 19.4. The third-order valence-electron chi connectivity index (χ3n) is 7.79. The average molecular weight is 596 g/mol. The van der Waals surface area contributed by atoms with Gasteiger partial charge in [0.05, 0.1) is 18.2 Å². The van der Waals surface area contributed by atoms with Gasteiger partial charge in [0.2, 0.25) is 11.8 Å². The Hall–Kier alpha value is -3.48. The Labute approximate surface area is 241 Å². The molecule has 0 bridgehead atoms. The molecule has 0 saturated heterocycles. The van der Waals surface area contributed by atoms with Gasteiger partial charge in [-0.05, 0) is 93.5 Å². The molecule has 2 unspecified atom stereocenters. The van der Waals surface area contributed by atoms with Crippen LogP contribution in [0.3, 0.4) is 0 Å². The minimum Gasteiger partial charge on any atom is -0.380 e. The van der Waals surface area contributed by atoms with Crippen LogP contribution in [0, 0.1) is 23.6 Å². The standard InChI is InChI=1S/C29H37F4N5O4/c1-15(2)38-23(9-10-35-38)27(40)37-25(24(17-5-6-17)18-7-8-18)28(41)36-22-11-19(13-42-4)20(12-21(22)30)16(3)26(39)34-14-29(31,32)33/h9-12,15-18,24-25H,5-8,13-14H2,1-4H3,(H,34,39)(H,36,41)(H,37,40). The molecular formula is C29H37F4N5O4. The first kappa shape index (κ1) is 31.5. The predicted molar refractivity (Wildman–Crippen MR) is 146 cm³/mol. The molecule has 42 heavy (non-hydrogen) atoms. The summed E-state index contributed by atoms with van der Waals surface area (Å²) in [6, 6.07) is 2.91. The van der Waals surface area contributed by atoms with Crippen molar-refractivity contribution in [3.63, 3.8) is 0 Å². The van der Waals surface area contributed by atoms with Gasteiger partial charge in [0.1, 0.15) is 24.1 Å². The van der Waals surface area contributed by atoms with Crippen molar-refractivity contribution < 1.29 is 36.7 Å². The molecule has 13 heteroatoms. The lowest BCUT2D eigenvalue weighted by Crippen LogP contribution is -2.50. The molecule has 3 N–H and O–H groups in total. The maximum absolute atomic E-state index is 15.4. The number of halogens is 4. The zero-order chi connectivity index (χ0) is 30.8. The highest BCUT2D eigenvalue weighted by molar-refractivity contribution is 6.01. The number of rotatable bonds is 13. The summed E-state index contributed by atoms with van der Waals surface area (Å²) in [4.78, 5) is 39.5. The molecule has 0 radical (unpaired) electrons. The average Bonchev–Trinajstić information content (AvgIpc) is 3.87. The lowest BCUT2D eigenvalue weighted by Gasteiger charge is -2.28. The van der Waals surface area contributed by atoms with E-state index in [9.17, 15) is 27.6 Å². The van der Waals surface area contributed by atoms with Crippen LogP contribution >= 0.6 is 0 Å². The van der Waals surface area contributed by atoms with E-state index < -0.39 is 48.2 Å². The first-order chi connectivity index (χ1) is 19.8. The molecule has 2 aromatic rings. The topological polar surface area (TPSA) is 114 Å². The van der Waals surface area contributed by atoms with Crippen molar-refractivity contribution in [1.82, 2.24) is 20.4 Å². The molecule has 2 atom stereocenters. The third-order valence-corrected chi connectivity index (χ3v) is 7.79. The van der Waals surface area contributed by atoms with Crippen LogP contribution in [0.25, 0.3) is 0 Å². The van der Waals surface area contributed by atoms with Crippen molar-refractivity contribution in [1.29, 1.82) is 0 Å². The first-order valence-corrected chi connectivity index (χ1v) is 14.1. The molecule has 2 aliphatic carbocycles. The van der Waals surface area contributed by atoms with Crippen molar-refractivity contribution in [3.8, 4) is 0 Å². The molecular weight excluding hydrogens is 558 g/mol. The van der Waals surface area contributed by atoms with Crippen LogP contribution < -0.4 is 16.0 Å². The summed E-state index contributed by atoms with van der Waals surface area (Å²) >= 11 is 0. The van der Waals surface area contributed by atoms with Crippen molar-refractivity contribution in [2.75, 3.05) is 19.0 Å². The zero-order valence-corrected chi connectivity index (χ0v) is 24.1. The molecule has 1 aromatic heterocycles. The lowest BCUT2D eigenvalue weighted by molar-refractivity contribution is -0.139. The van der Waals surface area contributed by atoms with E-state index in [0.29, 0.717) is 11.3 Å². The summed E-state index contributed by atoms with van der Waals surface area (Å²) in [6.07, 6.45) is 0.700. The highest BCUT2D eigenvalue weighted by Gasteiger charge is 2.48. The van der Waals surface area contributed by atoms with Gasteiger partial charge < -0.3 is 20.7 Å². The molecule has 0 spiro atoms. The number of alkyl halides is 3. The van der Waals surface area contributed by atoms with E-state index in [0.717, 1.165) is 31.7 Å². The SMILES string of the molecule is COCc1cc(NC(=O)C(NC(=O)c2ccnn2C(C)C)C(C2CC2)C2CC2)c(F)cc1C(C)C(=O)NCC(F)(F)F. The number of hydrogen-bond acceptors (Lipinski definition) is 5. The Morgan fingerprint density at radius 2 is 1.71 bits per heavy atom. The van der Waals surface area contributed by atoms with Crippen LogP contribution in [0.2, 0.25) is 0 Å². The fourth-order valence-electron chi connectivity index (χ4n) is 5.45. The van der Waals surface area contributed by atoms with E-state index in [1.165, 1.54) is 26.3 Å². The summed E-state index contributed by atoms with van der Waals surface area (Å²) in [6.45, 7) is 3.54. The molecule has 0 aliphatic heterocycles. The summed E-state index contributed by atoms with van der Waals surface area (Å²) in [5.41, 5.74) is 0.582. The van der Waals surface area contributed by atoms with Gasteiger partial charge in [-0.15, -0.1) is 0 Å². The van der Waals surface area contributed by atoms with E-state index in [1.807, 2.05) is 19.2 Å². The Balaban J connectivity index is 1.59. The summed E-state index contributed by atoms with van der Waals surface area (Å²) in [5, 5.41) is 11.5. The van der Waals surface area contributed by atoms with Crippen molar-refractivity contribution in [2.24, 2.45) is 17.8 Å². The summed E-state index contributed by atoms with van der Waals surface area (Å²) < 4.78 is 59.9. The van der Waals surface area contributed by atoms with Crippen LogP contribution in [-0.4, -0.2) is 53.4 Å². The van der Waals surface area contributed by atoms with Crippen LogP contribution in [0.1, 0.15) is 80.0 Å². The largest absolute Gasteiger partial charge is 0.405 e. The Morgan fingerprint density at radius 3 is 2.26 bits per heavy atom. The Kier molecular flexibility index (Phi) is 9.59. The van der Waals surface area contributed by atoms with E-state index >= 15 is 4.39 Å². The molecule has 2 saturated carbocycles. The predicted octanol–water partition coefficient (Wildman–Crippen LogP) is 4.70. The number of nitrogens with one attached hydrogen (secondary N) is 3. The number of hydrogen-bond donors (Lipinski definition) is 3. The van der Waals surface area contributed by atoms with Crippen LogP contribution in [0.4, 0.5) is 23.2 Å². The van der Waals surface area contributed by atoms with Crippen LogP contribution in [-0.2, 0) is 20.9 Å². The molecule has 9 nitrogen and oxygen atoms in total. The second-order valence-corrected chi connectivity index (χ2v) is 11.5. The van der Waals surface area contributed by atoms with Crippen LogP contribution in [0.5, 0.6) is 0 Å². The second kappa shape index (κ2) is 12.8. The first-order valence-electron chi connectivity index (χ1n) is 14.1. The fourth-order valence-corrected chi connectivity index (χ4v) is 5.45. The number of anilines is 1. The second-order valence-electron chi connectivity index (χ2n) is 11.5. The normalized spacial score (nSPS) is 16.8. The smallest absolute Gasteiger partial charge is 0.380 e. The number of ether oxygens (including phenoxy) is 1. The number of methoxy groups -OCH3 is 1. The van der Waals surface area contributed by atoms with Crippen molar-refractivity contribution >= 4 is 23.4 Å². The third kappa shape index (κ3) is 7.67.